The van der Waals surface area contributed by atoms with Crippen molar-refractivity contribution in [3.8, 4) is 0 Å². The zero-order valence-electron chi connectivity index (χ0n) is 4.51. The molecule has 0 atom stereocenters. The Hall–Kier alpha value is 0.512. The van der Waals surface area contributed by atoms with Gasteiger partial charge in [-0.1, -0.05) is 0 Å². The standard InChI is InChI=1S/Cu.NO3.H2O4S.Pb/c;2-1(3)4;1-5(2,3)4;/h;;(H2,1,2,3,4);/q+2;-1;;+2/p-2. The molecule has 8 nitrogen and oxygen atoms in total. The van der Waals surface area contributed by atoms with Gasteiger partial charge in [0.2, 0.25) is 0 Å². The molecule has 11 heavy (non-hydrogen) atoms. The third-order valence-electron chi connectivity index (χ3n) is 0. The average molecular weight is 429 g/mol. The normalized spacial score (nSPS) is 7.45. The third kappa shape index (κ3) is 2910. The van der Waals surface area contributed by atoms with Crippen molar-refractivity contribution in [2.24, 2.45) is 0 Å². The summed E-state index contributed by atoms with van der Waals surface area (Å²) in [6.45, 7) is 0. The number of nitrogens with zero attached hydrogens (tertiary/aromatic N) is 1. The molecule has 0 fully saturated rings. The van der Waals surface area contributed by atoms with Crippen LogP contribution in [0.25, 0.3) is 0 Å². The summed E-state index contributed by atoms with van der Waals surface area (Å²) in [5.41, 5.74) is 0. The Morgan fingerprint density at radius 2 is 1.09 bits per heavy atom. The van der Waals surface area contributed by atoms with E-state index in [1.54, 1.807) is 0 Å². The summed E-state index contributed by atoms with van der Waals surface area (Å²) in [5, 5.41) is 14.8. The van der Waals surface area contributed by atoms with Crippen molar-refractivity contribution in [3.05, 3.63) is 15.3 Å². The van der Waals surface area contributed by atoms with Gasteiger partial charge in [-0.15, -0.1) is 0 Å². The van der Waals surface area contributed by atoms with E-state index in [2.05, 4.69) is 0 Å². The van der Waals surface area contributed by atoms with E-state index in [0.717, 1.165) is 0 Å². The molecule has 0 aromatic rings. The van der Waals surface area contributed by atoms with Gasteiger partial charge in [0.1, 0.15) is 0 Å². The van der Waals surface area contributed by atoms with Gasteiger partial charge < -0.3 is 24.4 Å². The molecular weight excluding hydrogens is 429 g/mol. The molecule has 0 aliphatic carbocycles. The van der Waals surface area contributed by atoms with Gasteiger partial charge in [-0.25, -0.2) is 0 Å². The van der Waals surface area contributed by atoms with Crippen LogP contribution in [0.5, 0.6) is 0 Å². The van der Waals surface area contributed by atoms with Gasteiger partial charge >= 0.3 is 44.4 Å². The van der Waals surface area contributed by atoms with E-state index in [1.165, 1.54) is 0 Å². The van der Waals surface area contributed by atoms with E-state index in [-0.39, 0.29) is 44.4 Å². The second-order valence-corrected chi connectivity index (χ2v) is 1.45. The summed E-state index contributed by atoms with van der Waals surface area (Å²) < 4.78 is 34.1. The van der Waals surface area contributed by atoms with Crippen LogP contribution in [0.15, 0.2) is 0 Å². The second-order valence-electron chi connectivity index (χ2n) is 0.632. The molecule has 0 heterocycles. The Morgan fingerprint density at radius 3 is 1.09 bits per heavy atom. The second kappa shape index (κ2) is 10.5. The monoisotopic (exact) mass is 429 g/mol. The van der Waals surface area contributed by atoms with Crippen LogP contribution < -0.4 is 0 Å². The Balaban J connectivity index is -0.0000000383. The molecule has 0 aliphatic rings. The van der Waals surface area contributed by atoms with Gasteiger partial charge in [-0.05, 0) is 0 Å². The van der Waals surface area contributed by atoms with E-state index in [9.17, 15) is 0 Å². The van der Waals surface area contributed by atoms with Gasteiger partial charge in [-0.2, -0.15) is 0 Å². The first kappa shape index (κ1) is 22.5. The van der Waals surface area contributed by atoms with Crippen molar-refractivity contribution in [2.75, 3.05) is 0 Å². The number of rotatable bonds is 0. The summed E-state index contributed by atoms with van der Waals surface area (Å²) in [5.74, 6) is 0. The first-order valence-corrected chi connectivity index (χ1v) is 2.55. The number of hydrogen-bond acceptors (Lipinski definition) is 7. The Morgan fingerprint density at radius 1 is 1.09 bits per heavy atom. The minimum Gasteiger partial charge on any atom is -0.759 e. The predicted molar refractivity (Wildman–Crippen MR) is 26.6 cm³/mol. The van der Waals surface area contributed by atoms with Crippen LogP contribution >= 0.6 is 0 Å². The molecule has 0 aromatic carbocycles. The first-order chi connectivity index (χ1) is 3.73. The molecule has 0 unspecified atom stereocenters. The molecule has 0 aromatic heterocycles. The maximum absolute atomic E-state index is 8.52. The van der Waals surface area contributed by atoms with Gasteiger partial charge in [-0.3, -0.25) is 8.42 Å². The zero-order valence-corrected chi connectivity index (χ0v) is 10.2. The fraction of sp³-hybridized carbons (Fsp3) is 0. The Bertz CT molecular complexity index is 161. The minimum atomic E-state index is -5.17. The van der Waals surface area contributed by atoms with E-state index < -0.39 is 15.5 Å². The molecular formula is CuNO7PbS+. The molecule has 67 valence electrons. The van der Waals surface area contributed by atoms with Crippen molar-refractivity contribution in [1.82, 2.24) is 0 Å². The van der Waals surface area contributed by atoms with Crippen LogP contribution in [0.3, 0.4) is 0 Å². The maximum atomic E-state index is 8.52. The Labute approximate surface area is 92.3 Å². The summed E-state index contributed by atoms with van der Waals surface area (Å²) in [6.07, 6.45) is 0. The largest absolute Gasteiger partial charge is 2.00 e. The van der Waals surface area contributed by atoms with Crippen LogP contribution in [0, 0.1) is 15.3 Å². The van der Waals surface area contributed by atoms with Crippen molar-refractivity contribution in [1.29, 1.82) is 0 Å². The molecule has 0 N–H and O–H groups in total. The molecule has 0 spiro atoms. The molecule has 0 aliphatic heterocycles. The maximum Gasteiger partial charge on any atom is 2.00 e. The van der Waals surface area contributed by atoms with Crippen LogP contribution in [-0.4, -0.2) is 49.9 Å². The fourth-order valence-electron chi connectivity index (χ4n) is 0. The third-order valence-corrected chi connectivity index (χ3v) is 0. The quantitative estimate of drug-likeness (QED) is 0.143. The molecule has 0 amide bonds. The molecule has 3 radical (unpaired) electrons. The smallest absolute Gasteiger partial charge is 0.759 e. The van der Waals surface area contributed by atoms with E-state index >= 15 is 0 Å². The molecule has 0 bridgehead atoms. The van der Waals surface area contributed by atoms with Crippen LogP contribution in [0.1, 0.15) is 0 Å². The van der Waals surface area contributed by atoms with Gasteiger partial charge in [0.05, 0.1) is 5.09 Å². The fourth-order valence-corrected chi connectivity index (χ4v) is 0. The van der Waals surface area contributed by atoms with Gasteiger partial charge in [0.15, 0.2) is 0 Å². The van der Waals surface area contributed by atoms with Gasteiger partial charge in [0, 0.05) is 10.4 Å². The van der Waals surface area contributed by atoms with Gasteiger partial charge in [0.25, 0.3) is 0 Å². The predicted octanol–water partition coefficient (Wildman–Crippen LogP) is -1.96. The summed E-state index contributed by atoms with van der Waals surface area (Å²) in [6, 6.07) is 0. The van der Waals surface area contributed by atoms with E-state index in [0.29, 0.717) is 0 Å². The zero-order chi connectivity index (χ0) is 8.08. The topological polar surface area (TPSA) is 146 Å². The van der Waals surface area contributed by atoms with Crippen LogP contribution in [0.2, 0.25) is 0 Å². The van der Waals surface area contributed by atoms with Crippen molar-refractivity contribution < 1.29 is 39.7 Å². The SMILES string of the molecule is O=S(=O)([O-])[O-].O=[N+]([O-])[O-].[Cu+2].[Pb+2]. The first-order valence-electron chi connectivity index (χ1n) is 1.21. The average Bonchev–Trinajstić information content (AvgIpc) is 1.19. The molecule has 0 saturated heterocycles. The molecule has 0 saturated carbocycles. The minimum absolute atomic E-state index is 0. The van der Waals surface area contributed by atoms with Crippen molar-refractivity contribution in [2.45, 2.75) is 0 Å². The van der Waals surface area contributed by atoms with Crippen LogP contribution in [-0.2, 0) is 27.5 Å². The molecule has 0 rings (SSSR count). The summed E-state index contributed by atoms with van der Waals surface area (Å²) >= 11 is 0. The Kier molecular flexibility index (Phi) is 21.5. The van der Waals surface area contributed by atoms with E-state index in [1.807, 2.05) is 0 Å². The number of hydrogen-bond donors (Lipinski definition) is 0. The summed E-state index contributed by atoms with van der Waals surface area (Å²) in [7, 11) is -5.17. The van der Waals surface area contributed by atoms with E-state index in [4.69, 9.17) is 32.8 Å². The summed E-state index contributed by atoms with van der Waals surface area (Å²) in [4.78, 5) is 8.25. The molecule has 11 heteroatoms. The van der Waals surface area contributed by atoms with Crippen molar-refractivity contribution >= 4 is 37.7 Å². The van der Waals surface area contributed by atoms with Crippen LogP contribution in [0.4, 0.5) is 0 Å². The van der Waals surface area contributed by atoms with Crippen molar-refractivity contribution in [3.63, 3.8) is 0 Å².